The molecule has 192 valence electrons. The van der Waals surface area contributed by atoms with Crippen LogP contribution in [0, 0.1) is 0 Å². The van der Waals surface area contributed by atoms with E-state index in [0.29, 0.717) is 0 Å². The fourth-order valence-corrected chi connectivity index (χ4v) is 8.71. The highest BCUT2D eigenvalue weighted by atomic mass is 31.2. The van der Waals surface area contributed by atoms with E-state index < -0.39 is 7.44 Å². The van der Waals surface area contributed by atoms with Crippen molar-refractivity contribution in [3.05, 3.63) is 164 Å². The zero-order chi connectivity index (χ0) is 26.9. The summed E-state index contributed by atoms with van der Waals surface area (Å²) in [6.07, 6.45) is 0. The van der Waals surface area contributed by atoms with Crippen molar-refractivity contribution in [2.24, 2.45) is 0 Å². The van der Waals surface area contributed by atoms with Crippen LogP contribution in [0.1, 0.15) is 0 Å². The molecule has 0 fully saturated rings. The predicted octanol–water partition coefficient (Wildman–Crippen LogP) is 9.83. The first-order valence-electron chi connectivity index (χ1n) is 13.4. The van der Waals surface area contributed by atoms with Crippen molar-refractivity contribution in [3.63, 3.8) is 0 Å². The van der Waals surface area contributed by atoms with E-state index in [0.717, 1.165) is 50.3 Å². The second kappa shape index (κ2) is 10.0. The third kappa shape index (κ3) is 3.87. The van der Waals surface area contributed by atoms with Crippen LogP contribution in [0.15, 0.2) is 164 Å². The fourth-order valence-electron chi connectivity index (χ4n) is 5.65. The van der Waals surface area contributed by atoms with E-state index in [-0.39, 0.29) is 0 Å². The Bertz CT molecular complexity index is 1720. The zero-order valence-electron chi connectivity index (χ0n) is 21.8. The van der Waals surface area contributed by atoms with Gasteiger partial charge in [-0.1, -0.05) is 127 Å². The molecule has 0 N–H and O–H groups in total. The van der Waals surface area contributed by atoms with Crippen LogP contribution in [0.4, 0.5) is 22.7 Å². The van der Waals surface area contributed by atoms with Crippen LogP contribution in [0.2, 0.25) is 0 Å². The Kier molecular flexibility index (Phi) is 6.07. The van der Waals surface area contributed by atoms with E-state index in [1.807, 2.05) is 103 Å². The fraction of sp³-hybridized carbons (Fsp3) is 0. The molecule has 6 aromatic rings. The van der Waals surface area contributed by atoms with Crippen LogP contribution in [0.5, 0.6) is 0 Å². The molecule has 0 bridgehead atoms. The second-order valence-corrected chi connectivity index (χ2v) is 12.2. The first-order valence-corrected chi connectivity index (χ1v) is 15.0. The molecule has 0 aromatic heterocycles. The summed E-state index contributed by atoms with van der Waals surface area (Å²) in [6, 6.07) is 55.3. The molecule has 7 rings (SSSR count). The van der Waals surface area contributed by atoms with Crippen molar-refractivity contribution < 1.29 is 4.57 Å². The molecule has 3 nitrogen and oxygen atoms in total. The van der Waals surface area contributed by atoms with E-state index in [9.17, 15) is 0 Å². The summed E-state index contributed by atoms with van der Waals surface area (Å²) in [4.78, 5) is 0. The molecule has 1 aliphatic heterocycles. The molecule has 40 heavy (non-hydrogen) atoms. The first kappa shape index (κ1) is 24.2. The number of nitrogens with zero attached hydrogens (tertiary/aromatic N) is 2. The lowest BCUT2D eigenvalue weighted by Gasteiger charge is -2.35. The predicted molar refractivity (Wildman–Crippen MR) is 168 cm³/mol. The van der Waals surface area contributed by atoms with E-state index >= 15 is 4.57 Å². The van der Waals surface area contributed by atoms with Crippen molar-refractivity contribution in [3.8, 4) is 22.3 Å². The Hall–Kier alpha value is -4.85. The van der Waals surface area contributed by atoms with E-state index in [1.54, 1.807) is 0 Å². The lowest BCUT2D eigenvalue weighted by Crippen LogP contribution is -2.27. The maximum absolute atomic E-state index is 16.2. The lowest BCUT2D eigenvalue weighted by molar-refractivity contribution is 0.582. The van der Waals surface area contributed by atoms with Crippen molar-refractivity contribution in [1.29, 1.82) is 0 Å². The molecule has 0 amide bonds. The Balaban J connectivity index is 1.55. The third-order valence-electron chi connectivity index (χ3n) is 7.41. The van der Waals surface area contributed by atoms with Gasteiger partial charge in [-0.25, -0.2) is 0 Å². The Morgan fingerprint density at radius 3 is 1.10 bits per heavy atom. The summed E-state index contributed by atoms with van der Waals surface area (Å²) < 4.78 is 20.3. The van der Waals surface area contributed by atoms with Crippen LogP contribution < -0.4 is 14.6 Å². The minimum atomic E-state index is -3.50. The molecule has 1 heterocycles. The van der Waals surface area contributed by atoms with Gasteiger partial charge in [-0.3, -0.25) is 13.9 Å². The molecule has 0 unspecified atom stereocenters. The maximum Gasteiger partial charge on any atom is 0.301 e. The normalized spacial score (nSPS) is 13.7. The highest BCUT2D eigenvalue weighted by Crippen LogP contribution is 2.71. The average molecular weight is 535 g/mol. The SMILES string of the molecule is O=P1(c2ccccc2)N(c2ccccc2-c2ccccc2)c2ccccc2N1c1ccccc1-c1ccccc1. The number of fused-ring (bicyclic) bond motifs is 1. The lowest BCUT2D eigenvalue weighted by atomic mass is 10.0. The first-order chi connectivity index (χ1) is 19.8. The molecular weight excluding hydrogens is 507 g/mol. The van der Waals surface area contributed by atoms with Gasteiger partial charge in [-0.15, -0.1) is 0 Å². The monoisotopic (exact) mass is 534 g/mol. The van der Waals surface area contributed by atoms with E-state index in [2.05, 4.69) is 70.0 Å². The van der Waals surface area contributed by atoms with Gasteiger partial charge in [0.15, 0.2) is 0 Å². The van der Waals surface area contributed by atoms with Crippen LogP contribution in [-0.4, -0.2) is 0 Å². The molecule has 1 aliphatic rings. The summed E-state index contributed by atoms with van der Waals surface area (Å²) in [7, 11) is -3.50. The number of benzene rings is 6. The molecule has 0 radical (unpaired) electrons. The van der Waals surface area contributed by atoms with Crippen LogP contribution in [0.25, 0.3) is 22.3 Å². The number of hydrogen-bond acceptors (Lipinski definition) is 1. The van der Waals surface area contributed by atoms with Crippen molar-refractivity contribution in [2.45, 2.75) is 0 Å². The summed E-state index contributed by atoms with van der Waals surface area (Å²) in [6.45, 7) is 0. The van der Waals surface area contributed by atoms with Crippen molar-refractivity contribution in [1.82, 2.24) is 0 Å². The van der Waals surface area contributed by atoms with Gasteiger partial charge in [-0.05, 0) is 47.5 Å². The van der Waals surface area contributed by atoms with Crippen LogP contribution in [-0.2, 0) is 4.57 Å². The quantitative estimate of drug-likeness (QED) is 0.206. The van der Waals surface area contributed by atoms with Gasteiger partial charge < -0.3 is 0 Å². The Labute approximate surface area is 235 Å². The van der Waals surface area contributed by atoms with Gasteiger partial charge in [0.2, 0.25) is 0 Å². The molecule has 0 atom stereocenters. The number of para-hydroxylation sites is 4. The van der Waals surface area contributed by atoms with Gasteiger partial charge in [0, 0.05) is 11.1 Å². The van der Waals surface area contributed by atoms with Gasteiger partial charge in [0.1, 0.15) is 0 Å². The third-order valence-corrected chi connectivity index (χ3v) is 10.3. The average Bonchev–Trinajstić information content (AvgIpc) is 3.31. The number of hydrogen-bond donors (Lipinski definition) is 0. The van der Waals surface area contributed by atoms with Gasteiger partial charge in [-0.2, -0.15) is 0 Å². The standard InChI is InChI=1S/C36H27N2OP/c39-40(30-20-8-3-9-21-30)37(33-24-12-10-22-31(33)28-16-4-1-5-17-28)35-26-14-15-27-36(35)38(40)34-25-13-11-23-32(34)29-18-6-2-7-19-29/h1-27H. The second-order valence-electron chi connectivity index (χ2n) is 9.76. The van der Waals surface area contributed by atoms with Crippen molar-refractivity contribution in [2.75, 3.05) is 9.34 Å². The molecule has 0 spiro atoms. The minimum absolute atomic E-state index is 0.775. The molecule has 0 saturated carbocycles. The highest BCUT2D eigenvalue weighted by molar-refractivity contribution is 7.76. The Morgan fingerprint density at radius 1 is 0.350 bits per heavy atom. The van der Waals surface area contributed by atoms with E-state index in [4.69, 9.17) is 0 Å². The van der Waals surface area contributed by atoms with Gasteiger partial charge in [0.05, 0.1) is 28.1 Å². The van der Waals surface area contributed by atoms with Gasteiger partial charge >= 0.3 is 7.44 Å². The summed E-state index contributed by atoms with van der Waals surface area (Å²) in [5.41, 5.74) is 7.89. The number of rotatable bonds is 5. The largest absolute Gasteiger partial charge is 0.301 e. The Morgan fingerprint density at radius 2 is 0.675 bits per heavy atom. The zero-order valence-corrected chi connectivity index (χ0v) is 22.7. The minimum Gasteiger partial charge on any atom is -0.269 e. The van der Waals surface area contributed by atoms with Gasteiger partial charge in [0.25, 0.3) is 0 Å². The summed E-state index contributed by atoms with van der Waals surface area (Å²) in [5.74, 6) is 0. The molecule has 4 heteroatoms. The highest BCUT2D eigenvalue weighted by Gasteiger charge is 2.49. The molecular formula is C36H27N2OP. The summed E-state index contributed by atoms with van der Waals surface area (Å²) >= 11 is 0. The van der Waals surface area contributed by atoms with E-state index in [1.165, 1.54) is 0 Å². The van der Waals surface area contributed by atoms with Crippen molar-refractivity contribution >= 4 is 35.5 Å². The van der Waals surface area contributed by atoms with Crippen LogP contribution in [0.3, 0.4) is 0 Å². The maximum atomic E-state index is 16.2. The topological polar surface area (TPSA) is 23.6 Å². The summed E-state index contributed by atoms with van der Waals surface area (Å²) in [5, 5.41) is 0.775. The number of anilines is 4. The molecule has 6 aromatic carbocycles. The molecule has 0 aliphatic carbocycles. The van der Waals surface area contributed by atoms with Crippen LogP contribution >= 0.6 is 7.44 Å². The smallest absolute Gasteiger partial charge is 0.269 e. The molecule has 0 saturated heterocycles.